The molecule has 0 saturated heterocycles. The highest BCUT2D eigenvalue weighted by molar-refractivity contribution is 9.09. The Kier molecular flexibility index (Phi) is 27.7. The Morgan fingerprint density at radius 1 is 0.776 bits per heavy atom. The largest absolute Gasteiger partial charge is 0.470 e. The second-order valence-electron chi connectivity index (χ2n) is 10.6. The van der Waals surface area contributed by atoms with E-state index in [2.05, 4.69) is 72.0 Å². The van der Waals surface area contributed by atoms with Gasteiger partial charge in [0, 0.05) is 16.7 Å². The van der Waals surface area contributed by atoms with Crippen molar-refractivity contribution in [1.29, 1.82) is 0 Å². The van der Waals surface area contributed by atoms with E-state index in [-0.39, 0.29) is 34.2 Å². The van der Waals surface area contributed by atoms with Crippen molar-refractivity contribution in [2.75, 3.05) is 61.2 Å². The lowest BCUT2D eigenvalue weighted by molar-refractivity contribution is -0.132. The maximum Gasteiger partial charge on any atom is 0.360 e. The van der Waals surface area contributed by atoms with Crippen LogP contribution in [0.15, 0.2) is 75.2 Å². The average Bonchev–Trinajstić information content (AvgIpc) is 3.20. The molecule has 3 N–H and O–H groups in total. The van der Waals surface area contributed by atoms with Crippen molar-refractivity contribution >= 4 is 58.7 Å². The Hall–Kier alpha value is -5.51. The van der Waals surface area contributed by atoms with Crippen molar-refractivity contribution in [2.45, 2.75) is 27.1 Å². The van der Waals surface area contributed by atoms with Gasteiger partial charge in [-0.25, -0.2) is 29.3 Å². The van der Waals surface area contributed by atoms with E-state index in [1.54, 1.807) is 57.2 Å². The zero-order chi connectivity index (χ0) is 44.0. The molecule has 316 valence electrons. The minimum atomic E-state index is -0.741. The van der Waals surface area contributed by atoms with Crippen molar-refractivity contribution in [1.82, 2.24) is 5.48 Å². The molecule has 1 heterocycles. The molecule has 58 heavy (non-hydrogen) atoms. The molecule has 21 heteroatoms. The Bertz CT molecular complexity index is 1790. The number of nitrogens with zero attached hydrogens (tertiary/aromatic N) is 4. The van der Waals surface area contributed by atoms with E-state index >= 15 is 0 Å². The maximum atomic E-state index is 13.9. The lowest BCUT2D eigenvalue weighted by Gasteiger charge is -2.16. The first-order chi connectivity index (χ1) is 27.8. The molecule has 3 aromatic carbocycles. The summed E-state index contributed by atoms with van der Waals surface area (Å²) in [5.41, 5.74) is 4.25. The Balaban J connectivity index is 0.000000777. The van der Waals surface area contributed by atoms with E-state index in [1.165, 1.54) is 60.9 Å². The van der Waals surface area contributed by atoms with Gasteiger partial charge in [0.05, 0.1) is 29.2 Å². The van der Waals surface area contributed by atoms with E-state index < -0.39 is 29.3 Å². The van der Waals surface area contributed by atoms with Crippen LogP contribution in [0.5, 0.6) is 0 Å². The third-order valence-electron chi connectivity index (χ3n) is 6.59. The quantitative estimate of drug-likeness (QED) is 0.0852. The van der Waals surface area contributed by atoms with Crippen LogP contribution in [0, 0.1) is 38.2 Å². The molecule has 4 rings (SSSR count). The highest BCUT2D eigenvalue weighted by atomic mass is 79.9. The lowest BCUT2D eigenvalue weighted by atomic mass is 10.0. The SMILES string of the molecule is CON.CON=C(C(=O)NOC)c1c(C)cccc1F.CON=C(C(=O)OC)c1c(C)cccc1F.CON=C(C1=NOCCO1)c1c(C)cccc1F.[B]CCBr. The van der Waals surface area contributed by atoms with Crippen LogP contribution in [0.2, 0.25) is 6.32 Å². The number of ether oxygens (including phenoxy) is 2. The van der Waals surface area contributed by atoms with Gasteiger partial charge in [-0.2, -0.15) is 0 Å². The number of carbonyl (C=O) groups excluding carboxylic acids is 2. The van der Waals surface area contributed by atoms with Gasteiger partial charge in [0.15, 0.2) is 23.7 Å². The molecule has 0 aliphatic carbocycles. The zero-order valence-corrected chi connectivity index (χ0v) is 35.1. The van der Waals surface area contributed by atoms with Gasteiger partial charge >= 0.3 is 5.97 Å². The van der Waals surface area contributed by atoms with Crippen LogP contribution < -0.4 is 11.4 Å². The monoisotopic (exact) mass is 882 g/mol. The Morgan fingerprint density at radius 2 is 1.21 bits per heavy atom. The fraction of sp³-hybridized carbons (Fsp3) is 0.351. The van der Waals surface area contributed by atoms with Gasteiger partial charge in [-0.3, -0.25) is 9.63 Å². The predicted molar refractivity (Wildman–Crippen MR) is 216 cm³/mol. The number of hydroxylamine groups is 1. The second kappa shape index (κ2) is 30.6. The summed E-state index contributed by atoms with van der Waals surface area (Å²) >= 11 is 3.12. The molecule has 0 spiro atoms. The number of halogens is 4. The summed E-state index contributed by atoms with van der Waals surface area (Å²) in [6, 6.07) is 13.7. The predicted octanol–water partition coefficient (Wildman–Crippen LogP) is 5.14. The number of oxime groups is 4. The molecule has 0 bridgehead atoms. The van der Waals surface area contributed by atoms with Gasteiger partial charge in [0.1, 0.15) is 45.4 Å². The minimum absolute atomic E-state index is 0.0869. The van der Waals surface area contributed by atoms with Crippen LogP contribution in [-0.4, -0.2) is 104 Å². The molecule has 0 unspecified atom stereocenters. The van der Waals surface area contributed by atoms with Crippen molar-refractivity contribution in [3.63, 3.8) is 0 Å². The summed E-state index contributed by atoms with van der Waals surface area (Å²) in [7, 11) is 12.8. The minimum Gasteiger partial charge on any atom is -0.470 e. The molecule has 16 nitrogen and oxygen atoms in total. The highest BCUT2D eigenvalue weighted by Gasteiger charge is 2.24. The number of nitrogens with two attached hydrogens (primary N) is 1. The number of carbonyl (C=O) groups is 2. The summed E-state index contributed by atoms with van der Waals surface area (Å²) in [6.45, 7) is 5.82. The van der Waals surface area contributed by atoms with Crippen molar-refractivity contribution < 1.29 is 61.3 Å². The number of aryl methyl sites for hydroxylation is 3. The molecule has 1 aliphatic heterocycles. The van der Waals surface area contributed by atoms with Crippen LogP contribution in [0.4, 0.5) is 13.2 Å². The normalized spacial score (nSPS) is 12.0. The van der Waals surface area contributed by atoms with E-state index in [1.807, 2.05) is 0 Å². The first kappa shape index (κ1) is 52.5. The van der Waals surface area contributed by atoms with Crippen molar-refractivity contribution in [3.05, 3.63) is 105 Å². The molecular weight excluding hydrogens is 836 g/mol. The van der Waals surface area contributed by atoms with Crippen LogP contribution >= 0.6 is 15.9 Å². The maximum absolute atomic E-state index is 13.9. The smallest absolute Gasteiger partial charge is 0.360 e. The summed E-state index contributed by atoms with van der Waals surface area (Å²) in [6.07, 6.45) is 0.736. The molecule has 1 amide bonds. The topological polar surface area (TPSA) is 195 Å². The molecule has 3 aromatic rings. The first-order valence-corrected chi connectivity index (χ1v) is 17.8. The molecule has 0 atom stereocenters. The first-order valence-electron chi connectivity index (χ1n) is 16.6. The van der Waals surface area contributed by atoms with Crippen molar-refractivity contribution in [2.24, 2.45) is 26.5 Å². The van der Waals surface area contributed by atoms with Gasteiger partial charge in [0.25, 0.3) is 11.8 Å². The molecule has 1 aliphatic rings. The number of hydrogen-bond acceptors (Lipinski definition) is 15. The summed E-state index contributed by atoms with van der Waals surface area (Å²) in [5, 5.41) is 15.4. The Morgan fingerprint density at radius 3 is 1.57 bits per heavy atom. The third-order valence-corrected chi connectivity index (χ3v) is 7.04. The van der Waals surface area contributed by atoms with Gasteiger partial charge in [-0.05, 0) is 66.1 Å². The summed E-state index contributed by atoms with van der Waals surface area (Å²) in [5.74, 6) is 1.55. The fourth-order valence-corrected chi connectivity index (χ4v) is 4.30. The summed E-state index contributed by atoms with van der Waals surface area (Å²) in [4.78, 5) is 49.9. The Labute approximate surface area is 344 Å². The number of benzene rings is 3. The molecule has 0 aromatic heterocycles. The number of nitrogens with one attached hydrogen (secondary N) is 1. The van der Waals surface area contributed by atoms with Gasteiger partial charge < -0.3 is 33.7 Å². The second-order valence-corrected chi connectivity index (χ2v) is 11.4. The van der Waals surface area contributed by atoms with Crippen LogP contribution in [0.25, 0.3) is 0 Å². The summed E-state index contributed by atoms with van der Waals surface area (Å²) < 4.78 is 51.0. The van der Waals surface area contributed by atoms with E-state index in [9.17, 15) is 22.8 Å². The standard InChI is InChI=1S/C12H13FN2O3.C11H13FN2O3.C11H12FNO3.C2H4BBr.CH5NO/c1-8-4-3-5-9(13)10(8)11(14-16-2)12-15-18-7-6-17-12;1-7-5-4-6-8(12)9(7)10(13-16-2)11(15)14-17-3;1-7-5-4-6-8(12)9(7)10(13-16-3)11(14)15-2;3-1-2-4;1-3-2/h3-5H,6-7H2,1-2H3;4-6H,1-3H3,(H,14,15);4-6H,1-3H3;1-2H2;2H2,1H3. The molecular formula is C37H47BBrF3N6O10. The number of alkyl halides is 1. The van der Waals surface area contributed by atoms with E-state index in [0.717, 1.165) is 11.7 Å². The van der Waals surface area contributed by atoms with Crippen LogP contribution in [0.3, 0.4) is 0 Å². The average molecular weight is 884 g/mol. The number of amides is 1. The number of hydrogen-bond donors (Lipinski definition) is 2. The van der Waals surface area contributed by atoms with Crippen LogP contribution in [-0.2, 0) is 48.1 Å². The third kappa shape index (κ3) is 17.7. The van der Waals surface area contributed by atoms with Gasteiger partial charge in [0.2, 0.25) is 0 Å². The highest BCUT2D eigenvalue weighted by Crippen LogP contribution is 2.18. The number of rotatable bonds is 11. The molecule has 2 radical (unpaired) electrons. The van der Waals surface area contributed by atoms with E-state index in [4.69, 9.17) is 22.3 Å². The van der Waals surface area contributed by atoms with Crippen LogP contribution in [0.1, 0.15) is 33.4 Å². The van der Waals surface area contributed by atoms with E-state index in [0.29, 0.717) is 35.5 Å². The van der Waals surface area contributed by atoms with Gasteiger partial charge in [-0.15, -0.1) is 0 Å². The fourth-order valence-electron chi connectivity index (χ4n) is 4.30. The molecule has 0 saturated carbocycles. The number of methoxy groups -OCH3 is 1. The van der Waals surface area contributed by atoms with Gasteiger partial charge in [-0.1, -0.05) is 74.1 Å². The number of esters is 1. The van der Waals surface area contributed by atoms with Crippen molar-refractivity contribution in [3.8, 4) is 0 Å². The lowest BCUT2D eigenvalue weighted by Crippen LogP contribution is -2.32. The molecule has 0 fully saturated rings. The zero-order valence-electron chi connectivity index (χ0n) is 33.6.